The van der Waals surface area contributed by atoms with Gasteiger partial charge in [-0.05, 0) is 19.3 Å². The smallest absolute Gasteiger partial charge is 0.187 e. The fraction of sp³-hybridized carbons (Fsp3) is 0.769. The van der Waals surface area contributed by atoms with Crippen molar-refractivity contribution >= 4 is 5.78 Å². The number of aromatic nitrogens is 3. The largest absolute Gasteiger partial charge is 0.327 e. The predicted molar refractivity (Wildman–Crippen MR) is 69.2 cm³/mol. The van der Waals surface area contributed by atoms with E-state index in [0.29, 0.717) is 5.69 Å². The molecule has 5 nitrogen and oxygen atoms in total. The van der Waals surface area contributed by atoms with Crippen LogP contribution >= 0.6 is 0 Å². The number of nitrogens with two attached hydrogens (primary N) is 1. The minimum atomic E-state index is -0.0541. The van der Waals surface area contributed by atoms with Gasteiger partial charge < -0.3 is 5.73 Å². The lowest BCUT2D eigenvalue weighted by Crippen LogP contribution is -2.35. The van der Waals surface area contributed by atoms with Gasteiger partial charge in [0.2, 0.25) is 0 Å². The normalized spacial score (nSPS) is 24.8. The number of hydrogen-bond acceptors (Lipinski definition) is 4. The number of Topliss-reactive ketones (excluding diaryl/α,β-unsaturated/α-hetero) is 1. The first kappa shape index (κ1) is 13.2. The zero-order valence-electron chi connectivity index (χ0n) is 11.0. The molecule has 2 unspecified atom stereocenters. The van der Waals surface area contributed by atoms with Crippen molar-refractivity contribution in [1.29, 1.82) is 0 Å². The molecule has 2 rings (SSSR count). The Balaban J connectivity index is 2.15. The summed E-state index contributed by atoms with van der Waals surface area (Å²) in [6.45, 7) is 2.80. The average Bonchev–Trinajstić information content (AvgIpc) is 2.71. The molecule has 5 heteroatoms. The summed E-state index contributed by atoms with van der Waals surface area (Å²) in [5, 5.41) is 7.83. The average molecular weight is 250 g/mol. The van der Waals surface area contributed by atoms with Gasteiger partial charge in [-0.3, -0.25) is 4.79 Å². The monoisotopic (exact) mass is 250 g/mol. The Labute approximate surface area is 108 Å². The Morgan fingerprint density at radius 3 is 3.00 bits per heavy atom. The maximum Gasteiger partial charge on any atom is 0.187 e. The van der Waals surface area contributed by atoms with Crippen LogP contribution in [-0.2, 0) is 6.54 Å². The van der Waals surface area contributed by atoms with E-state index in [1.165, 1.54) is 6.42 Å². The number of rotatable bonds is 4. The van der Waals surface area contributed by atoms with E-state index in [1.807, 2.05) is 0 Å². The van der Waals surface area contributed by atoms with Gasteiger partial charge in [-0.25, -0.2) is 4.68 Å². The fourth-order valence-electron chi connectivity index (χ4n) is 2.68. The molecule has 100 valence electrons. The second-order valence-corrected chi connectivity index (χ2v) is 5.12. The van der Waals surface area contributed by atoms with Crippen LogP contribution in [0.5, 0.6) is 0 Å². The lowest BCUT2D eigenvalue weighted by Gasteiger charge is -2.19. The molecule has 1 aliphatic rings. The standard InChI is InChI=1S/C13H22N4O/c1-2-8-17-12(9-15-16-17)13(18)10-6-4-3-5-7-11(10)14/h9-11H,2-8,14H2,1H3. The van der Waals surface area contributed by atoms with Gasteiger partial charge in [0.25, 0.3) is 0 Å². The van der Waals surface area contributed by atoms with Crippen LogP contribution in [0.2, 0.25) is 0 Å². The van der Waals surface area contributed by atoms with Crippen molar-refractivity contribution < 1.29 is 4.79 Å². The van der Waals surface area contributed by atoms with Gasteiger partial charge >= 0.3 is 0 Å². The zero-order chi connectivity index (χ0) is 13.0. The molecular weight excluding hydrogens is 228 g/mol. The van der Waals surface area contributed by atoms with Crippen LogP contribution in [0.1, 0.15) is 55.9 Å². The molecule has 0 saturated heterocycles. The van der Waals surface area contributed by atoms with Gasteiger partial charge in [0.05, 0.1) is 6.20 Å². The Morgan fingerprint density at radius 2 is 2.22 bits per heavy atom. The van der Waals surface area contributed by atoms with Gasteiger partial charge in [0.1, 0.15) is 5.69 Å². The summed E-state index contributed by atoms with van der Waals surface area (Å²) in [5.74, 6) is 0.0736. The molecule has 0 amide bonds. The molecule has 1 aliphatic carbocycles. The van der Waals surface area contributed by atoms with Gasteiger partial charge in [-0.1, -0.05) is 31.4 Å². The quantitative estimate of drug-likeness (QED) is 0.653. The summed E-state index contributed by atoms with van der Waals surface area (Å²) in [4.78, 5) is 12.5. The van der Waals surface area contributed by atoms with E-state index < -0.39 is 0 Å². The zero-order valence-corrected chi connectivity index (χ0v) is 11.0. The summed E-state index contributed by atoms with van der Waals surface area (Å²) >= 11 is 0. The van der Waals surface area contributed by atoms with Crippen LogP contribution in [0.3, 0.4) is 0 Å². The van der Waals surface area contributed by atoms with Crippen molar-refractivity contribution in [3.05, 3.63) is 11.9 Å². The number of carbonyl (C=O) groups excluding carboxylic acids is 1. The van der Waals surface area contributed by atoms with Crippen molar-refractivity contribution in [3.8, 4) is 0 Å². The number of aryl methyl sites for hydroxylation is 1. The van der Waals surface area contributed by atoms with Gasteiger partial charge in [0, 0.05) is 18.5 Å². The van der Waals surface area contributed by atoms with E-state index in [0.717, 1.165) is 38.6 Å². The second-order valence-electron chi connectivity index (χ2n) is 5.12. The lowest BCUT2D eigenvalue weighted by atomic mass is 9.90. The molecule has 18 heavy (non-hydrogen) atoms. The highest BCUT2D eigenvalue weighted by atomic mass is 16.1. The molecule has 1 aromatic heterocycles. The first-order valence-electron chi connectivity index (χ1n) is 6.92. The van der Waals surface area contributed by atoms with Crippen molar-refractivity contribution in [2.75, 3.05) is 0 Å². The molecule has 0 spiro atoms. The molecule has 1 aromatic rings. The molecule has 0 bridgehead atoms. The van der Waals surface area contributed by atoms with E-state index in [4.69, 9.17) is 5.73 Å². The molecule has 1 saturated carbocycles. The van der Waals surface area contributed by atoms with Crippen molar-refractivity contribution in [3.63, 3.8) is 0 Å². The first-order chi connectivity index (χ1) is 8.74. The third-order valence-corrected chi connectivity index (χ3v) is 3.71. The first-order valence-corrected chi connectivity index (χ1v) is 6.92. The highest BCUT2D eigenvalue weighted by Crippen LogP contribution is 2.25. The maximum atomic E-state index is 12.5. The van der Waals surface area contributed by atoms with Crippen molar-refractivity contribution in [2.45, 2.75) is 58.0 Å². The van der Waals surface area contributed by atoms with Crippen LogP contribution < -0.4 is 5.73 Å². The fourth-order valence-corrected chi connectivity index (χ4v) is 2.68. The molecule has 2 N–H and O–H groups in total. The molecule has 1 fully saturated rings. The molecule has 2 atom stereocenters. The number of hydrogen-bond donors (Lipinski definition) is 1. The van der Waals surface area contributed by atoms with Gasteiger partial charge in [-0.15, -0.1) is 5.10 Å². The minimum Gasteiger partial charge on any atom is -0.327 e. The Kier molecular flexibility index (Phi) is 4.47. The third-order valence-electron chi connectivity index (χ3n) is 3.71. The molecule has 1 heterocycles. The van der Waals surface area contributed by atoms with Crippen LogP contribution in [0.15, 0.2) is 6.20 Å². The highest BCUT2D eigenvalue weighted by Gasteiger charge is 2.29. The van der Waals surface area contributed by atoms with E-state index >= 15 is 0 Å². The summed E-state index contributed by atoms with van der Waals surface area (Å²) in [6.07, 6.45) is 7.79. The van der Waals surface area contributed by atoms with Crippen LogP contribution in [0.25, 0.3) is 0 Å². The minimum absolute atomic E-state index is 0.00928. The maximum absolute atomic E-state index is 12.5. The molecule has 0 aromatic carbocycles. The Morgan fingerprint density at radius 1 is 1.44 bits per heavy atom. The second kappa shape index (κ2) is 6.09. The number of carbonyl (C=O) groups is 1. The number of nitrogens with zero attached hydrogens (tertiary/aromatic N) is 3. The van der Waals surface area contributed by atoms with Crippen molar-refractivity contribution in [1.82, 2.24) is 15.0 Å². The predicted octanol–water partition coefficient (Wildman–Crippen LogP) is 1.78. The van der Waals surface area contributed by atoms with E-state index in [2.05, 4.69) is 17.2 Å². The topological polar surface area (TPSA) is 73.8 Å². The summed E-state index contributed by atoms with van der Waals surface area (Å²) in [7, 11) is 0. The molecule has 0 radical (unpaired) electrons. The number of ketones is 1. The van der Waals surface area contributed by atoms with Crippen LogP contribution in [-0.4, -0.2) is 26.8 Å². The molecule has 0 aliphatic heterocycles. The molecular formula is C13H22N4O. The van der Waals surface area contributed by atoms with Crippen LogP contribution in [0, 0.1) is 5.92 Å². The van der Waals surface area contributed by atoms with Gasteiger partial charge in [0.15, 0.2) is 5.78 Å². The summed E-state index contributed by atoms with van der Waals surface area (Å²) in [5.41, 5.74) is 6.76. The Hall–Kier alpha value is -1.23. The van der Waals surface area contributed by atoms with E-state index in [9.17, 15) is 4.79 Å². The van der Waals surface area contributed by atoms with E-state index in [-0.39, 0.29) is 17.7 Å². The van der Waals surface area contributed by atoms with E-state index in [1.54, 1.807) is 10.9 Å². The lowest BCUT2D eigenvalue weighted by molar-refractivity contribution is 0.0883. The third kappa shape index (κ3) is 2.77. The SMILES string of the molecule is CCCn1nncc1C(=O)C1CCCCCC1N. The Bertz CT molecular complexity index is 401. The van der Waals surface area contributed by atoms with Crippen molar-refractivity contribution in [2.24, 2.45) is 11.7 Å². The van der Waals surface area contributed by atoms with Gasteiger partial charge in [-0.2, -0.15) is 0 Å². The highest BCUT2D eigenvalue weighted by molar-refractivity contribution is 5.96. The summed E-state index contributed by atoms with van der Waals surface area (Å²) in [6, 6.07) is -0.00928. The summed E-state index contributed by atoms with van der Waals surface area (Å²) < 4.78 is 1.71. The van der Waals surface area contributed by atoms with Crippen LogP contribution in [0.4, 0.5) is 0 Å².